The van der Waals surface area contributed by atoms with Gasteiger partial charge in [0, 0.05) is 35.5 Å². The largest absolute Gasteiger partial charge is 0.494 e. The molecule has 0 aliphatic rings. The van der Waals surface area contributed by atoms with Crippen molar-refractivity contribution in [3.8, 4) is 11.6 Å². The van der Waals surface area contributed by atoms with Crippen LogP contribution < -0.4 is 20.7 Å². The summed E-state index contributed by atoms with van der Waals surface area (Å²) in [6.07, 6.45) is 5.07. The van der Waals surface area contributed by atoms with Gasteiger partial charge in [-0.2, -0.15) is 0 Å². The Morgan fingerprint density at radius 1 is 0.938 bits per heavy atom. The van der Waals surface area contributed by atoms with E-state index in [1.54, 1.807) is 18.3 Å². The van der Waals surface area contributed by atoms with Gasteiger partial charge >= 0.3 is 6.03 Å². The molecular weight excluding hydrogens is 406 g/mol. The normalized spacial score (nSPS) is 10.4. The van der Waals surface area contributed by atoms with Gasteiger partial charge in [0.05, 0.1) is 6.61 Å². The molecule has 0 saturated heterocycles. The fourth-order valence-electron chi connectivity index (χ4n) is 3.05. The van der Waals surface area contributed by atoms with Crippen LogP contribution in [0.1, 0.15) is 12.7 Å². The highest BCUT2D eigenvalue weighted by molar-refractivity contribution is 5.99. The van der Waals surface area contributed by atoms with Crippen LogP contribution in [0.2, 0.25) is 0 Å². The monoisotopic (exact) mass is 429 g/mol. The van der Waals surface area contributed by atoms with Crippen LogP contribution in [0.4, 0.5) is 27.7 Å². The average molecular weight is 429 g/mol. The molecule has 9 heteroatoms. The van der Waals surface area contributed by atoms with Gasteiger partial charge in [-0.25, -0.2) is 19.7 Å². The van der Waals surface area contributed by atoms with Gasteiger partial charge in [-0.3, -0.25) is 4.57 Å². The molecule has 0 spiro atoms. The van der Waals surface area contributed by atoms with Crippen molar-refractivity contribution in [3.63, 3.8) is 0 Å². The van der Waals surface area contributed by atoms with E-state index < -0.39 is 0 Å². The van der Waals surface area contributed by atoms with Gasteiger partial charge in [-0.1, -0.05) is 0 Å². The predicted octanol–water partition coefficient (Wildman–Crippen LogP) is 4.76. The van der Waals surface area contributed by atoms with E-state index in [9.17, 15) is 4.79 Å². The number of carbonyl (C=O) groups excluding carboxylic acids is 1. The Kier molecular flexibility index (Phi) is 6.26. The number of hydrogen-bond donors (Lipinski definition) is 3. The van der Waals surface area contributed by atoms with Crippen LogP contribution in [0, 0.1) is 6.92 Å². The number of imidazole rings is 1. The number of amides is 2. The number of anilines is 4. The number of rotatable bonds is 7. The highest BCUT2D eigenvalue weighted by Gasteiger charge is 2.06. The van der Waals surface area contributed by atoms with E-state index in [1.807, 2.05) is 67.1 Å². The number of urea groups is 1. The lowest BCUT2D eigenvalue weighted by Crippen LogP contribution is -2.19. The van der Waals surface area contributed by atoms with Crippen LogP contribution >= 0.6 is 0 Å². The molecule has 4 aromatic rings. The van der Waals surface area contributed by atoms with E-state index in [4.69, 9.17) is 4.74 Å². The van der Waals surface area contributed by atoms with Gasteiger partial charge in [0.25, 0.3) is 0 Å². The first-order chi connectivity index (χ1) is 15.6. The molecule has 0 unspecified atom stereocenters. The SMILES string of the molecule is CCOc1ccc(NC(=O)Nc2ccc(Nc3cc(-n4ccnc4C)ncn3)cc2)cc1. The second-order valence-corrected chi connectivity index (χ2v) is 6.84. The summed E-state index contributed by atoms with van der Waals surface area (Å²) >= 11 is 0. The van der Waals surface area contributed by atoms with Crippen LogP contribution in [0.25, 0.3) is 5.82 Å². The molecule has 0 radical (unpaired) electrons. The summed E-state index contributed by atoms with van der Waals surface area (Å²) in [5.41, 5.74) is 2.17. The summed E-state index contributed by atoms with van der Waals surface area (Å²) in [7, 11) is 0. The standard InChI is InChI=1S/C23H23N7O2/c1-3-32-20-10-8-19(9-11-20)29-23(31)28-18-6-4-17(5-7-18)27-21-14-22(26-15-25-21)30-13-12-24-16(30)2/h4-15H,3H2,1-2H3,(H,25,26,27)(H2,28,29,31). The molecule has 0 atom stereocenters. The van der Waals surface area contributed by atoms with Gasteiger partial charge in [-0.05, 0) is 62.4 Å². The third-order valence-electron chi connectivity index (χ3n) is 4.56. The lowest BCUT2D eigenvalue weighted by Gasteiger charge is -2.11. The fourth-order valence-corrected chi connectivity index (χ4v) is 3.05. The number of benzene rings is 2. The van der Waals surface area contributed by atoms with E-state index >= 15 is 0 Å². The summed E-state index contributed by atoms with van der Waals surface area (Å²) < 4.78 is 7.28. The molecule has 0 aliphatic heterocycles. The van der Waals surface area contributed by atoms with E-state index in [-0.39, 0.29) is 6.03 Å². The number of carbonyl (C=O) groups is 1. The lowest BCUT2D eigenvalue weighted by molar-refractivity contribution is 0.262. The molecule has 4 rings (SSSR count). The lowest BCUT2D eigenvalue weighted by atomic mass is 10.2. The van der Waals surface area contributed by atoms with Crippen molar-refractivity contribution in [2.24, 2.45) is 0 Å². The predicted molar refractivity (Wildman–Crippen MR) is 124 cm³/mol. The van der Waals surface area contributed by atoms with Crippen molar-refractivity contribution in [3.05, 3.63) is 79.1 Å². The highest BCUT2D eigenvalue weighted by Crippen LogP contribution is 2.20. The topological polar surface area (TPSA) is 106 Å². The van der Waals surface area contributed by atoms with E-state index in [0.717, 1.165) is 23.1 Å². The second-order valence-electron chi connectivity index (χ2n) is 6.84. The molecule has 0 saturated carbocycles. The van der Waals surface area contributed by atoms with Gasteiger partial charge in [0.2, 0.25) is 0 Å². The number of nitrogens with one attached hydrogen (secondary N) is 3. The third kappa shape index (κ3) is 5.20. The van der Waals surface area contributed by atoms with Crippen LogP contribution in [0.3, 0.4) is 0 Å². The van der Waals surface area contributed by atoms with Crippen molar-refractivity contribution in [2.45, 2.75) is 13.8 Å². The fraction of sp³-hybridized carbons (Fsp3) is 0.130. The van der Waals surface area contributed by atoms with Crippen LogP contribution in [-0.2, 0) is 0 Å². The van der Waals surface area contributed by atoms with E-state index in [0.29, 0.717) is 23.8 Å². The molecule has 162 valence electrons. The van der Waals surface area contributed by atoms with Crippen LogP contribution in [0.15, 0.2) is 73.3 Å². The molecule has 32 heavy (non-hydrogen) atoms. The zero-order chi connectivity index (χ0) is 22.3. The van der Waals surface area contributed by atoms with Crippen molar-refractivity contribution in [1.82, 2.24) is 19.5 Å². The summed E-state index contributed by atoms with van der Waals surface area (Å²) in [5.74, 6) is 2.98. The number of hydrogen-bond acceptors (Lipinski definition) is 6. The van der Waals surface area contributed by atoms with Gasteiger partial charge in [0.15, 0.2) is 0 Å². The molecule has 0 fully saturated rings. The van der Waals surface area contributed by atoms with Crippen molar-refractivity contribution >= 4 is 28.9 Å². The Morgan fingerprint density at radius 3 is 2.22 bits per heavy atom. The molecular formula is C23H23N7O2. The maximum atomic E-state index is 12.3. The zero-order valence-corrected chi connectivity index (χ0v) is 17.7. The van der Waals surface area contributed by atoms with Gasteiger partial charge in [0.1, 0.15) is 29.5 Å². The Balaban J connectivity index is 1.35. The number of aromatic nitrogens is 4. The molecule has 0 bridgehead atoms. The molecule has 2 aromatic carbocycles. The summed E-state index contributed by atoms with van der Waals surface area (Å²) in [4.78, 5) is 25.0. The van der Waals surface area contributed by atoms with Crippen LogP contribution in [-0.4, -0.2) is 32.2 Å². The molecule has 9 nitrogen and oxygen atoms in total. The minimum atomic E-state index is -0.328. The Morgan fingerprint density at radius 2 is 1.59 bits per heavy atom. The Labute approximate surface area is 185 Å². The highest BCUT2D eigenvalue weighted by atomic mass is 16.5. The maximum Gasteiger partial charge on any atom is 0.323 e. The maximum absolute atomic E-state index is 12.3. The average Bonchev–Trinajstić information content (AvgIpc) is 3.23. The molecule has 3 N–H and O–H groups in total. The molecule has 0 aliphatic carbocycles. The Bertz CT molecular complexity index is 1190. The van der Waals surface area contributed by atoms with Crippen molar-refractivity contribution in [2.75, 3.05) is 22.6 Å². The quantitative estimate of drug-likeness (QED) is 0.391. The first-order valence-electron chi connectivity index (χ1n) is 10.1. The number of nitrogens with zero attached hydrogens (tertiary/aromatic N) is 4. The zero-order valence-electron chi connectivity index (χ0n) is 17.7. The summed E-state index contributed by atoms with van der Waals surface area (Å²) in [5, 5.41) is 8.84. The first-order valence-corrected chi connectivity index (χ1v) is 10.1. The second kappa shape index (κ2) is 9.61. The number of ether oxygens (including phenoxy) is 1. The smallest absolute Gasteiger partial charge is 0.323 e. The molecule has 2 aromatic heterocycles. The van der Waals surface area contributed by atoms with Crippen molar-refractivity contribution < 1.29 is 9.53 Å². The van der Waals surface area contributed by atoms with Gasteiger partial charge in [-0.15, -0.1) is 0 Å². The third-order valence-corrected chi connectivity index (χ3v) is 4.56. The Hall–Kier alpha value is -4.40. The molecule has 2 heterocycles. The van der Waals surface area contributed by atoms with Crippen LogP contribution in [0.5, 0.6) is 5.75 Å². The molecule has 2 amide bonds. The van der Waals surface area contributed by atoms with Crippen molar-refractivity contribution in [1.29, 1.82) is 0 Å². The van der Waals surface area contributed by atoms with E-state index in [2.05, 4.69) is 30.9 Å². The van der Waals surface area contributed by atoms with E-state index in [1.165, 1.54) is 6.33 Å². The number of aryl methyl sites for hydroxylation is 1. The summed E-state index contributed by atoms with van der Waals surface area (Å²) in [6.45, 7) is 4.43. The van der Waals surface area contributed by atoms with Gasteiger partial charge < -0.3 is 20.7 Å². The summed E-state index contributed by atoms with van der Waals surface area (Å²) in [6, 6.07) is 16.0. The minimum absolute atomic E-state index is 0.328. The minimum Gasteiger partial charge on any atom is -0.494 e. The first kappa shape index (κ1) is 20.9.